The van der Waals surface area contributed by atoms with Crippen molar-refractivity contribution in [1.82, 2.24) is 10.4 Å². The van der Waals surface area contributed by atoms with E-state index in [1.165, 1.54) is 12.3 Å². The molecule has 10 heteroatoms. The van der Waals surface area contributed by atoms with Crippen LogP contribution < -0.4 is 15.2 Å². The van der Waals surface area contributed by atoms with Gasteiger partial charge in [-0.05, 0) is 35.9 Å². The molecule has 0 unspecified atom stereocenters. The number of thioether (sulfide) groups is 1. The maximum atomic E-state index is 15.0. The molecular weight excluding hydrogens is 506 g/mol. The second-order valence-corrected chi connectivity index (χ2v) is 9.87. The molecule has 2 aliphatic heterocycles. The molecule has 0 radical (unpaired) electrons. The highest BCUT2D eigenvalue weighted by molar-refractivity contribution is 8.00. The Morgan fingerprint density at radius 2 is 1.86 bits per heavy atom. The van der Waals surface area contributed by atoms with E-state index in [0.29, 0.717) is 47.2 Å². The van der Waals surface area contributed by atoms with Gasteiger partial charge in [-0.15, -0.1) is 0 Å². The van der Waals surface area contributed by atoms with E-state index in [1.807, 2.05) is 24.3 Å². The van der Waals surface area contributed by atoms with Crippen LogP contribution in [-0.4, -0.2) is 35.5 Å². The van der Waals surface area contributed by atoms with Crippen molar-refractivity contribution in [3.63, 3.8) is 0 Å². The molecule has 1 aromatic heterocycles. The third kappa shape index (κ3) is 4.05. The summed E-state index contributed by atoms with van der Waals surface area (Å²) in [7, 11) is 0. The first-order valence-corrected chi connectivity index (χ1v) is 12.7. The van der Waals surface area contributed by atoms with E-state index in [0.717, 1.165) is 23.6 Å². The highest BCUT2D eigenvalue weighted by Gasteiger charge is 2.31. The number of hydrogen-bond donors (Lipinski definition) is 1. The number of hydrazine groups is 1. The number of nitrogens with zero attached hydrogens (tertiary/aromatic N) is 2. The zero-order chi connectivity index (χ0) is 25.7. The van der Waals surface area contributed by atoms with E-state index in [2.05, 4.69) is 10.4 Å². The Bertz CT molecular complexity index is 1560. The first-order chi connectivity index (χ1) is 17.9. The Hall–Kier alpha value is -3.79. The van der Waals surface area contributed by atoms with Gasteiger partial charge in [0, 0.05) is 46.2 Å². The largest absolute Gasteiger partial charge is 0.489 e. The Kier molecular flexibility index (Phi) is 5.91. The summed E-state index contributed by atoms with van der Waals surface area (Å²) in [4.78, 5) is 17.8. The summed E-state index contributed by atoms with van der Waals surface area (Å²) in [6.45, 7) is 0.815. The highest BCUT2D eigenvalue weighted by atomic mass is 32.2. The number of fused-ring (bicyclic) bond motifs is 2. The fraction of sp³-hybridized carbons (Fsp3) is 0.185. The quantitative estimate of drug-likeness (QED) is 0.268. The normalized spacial score (nSPS) is 15.2. The van der Waals surface area contributed by atoms with Crippen LogP contribution in [0.5, 0.6) is 5.75 Å². The minimum Gasteiger partial charge on any atom is -0.489 e. The lowest BCUT2D eigenvalue weighted by Gasteiger charge is -2.32. The van der Waals surface area contributed by atoms with E-state index >= 15 is 4.39 Å². The molecule has 4 aromatic rings. The summed E-state index contributed by atoms with van der Waals surface area (Å²) in [5.74, 6) is -3.04. The molecule has 5 nitrogen and oxygen atoms in total. The van der Waals surface area contributed by atoms with E-state index < -0.39 is 34.7 Å². The number of aromatic nitrogens is 1. The monoisotopic (exact) mass is 525 g/mol. The second kappa shape index (κ2) is 9.26. The summed E-state index contributed by atoms with van der Waals surface area (Å²) in [5, 5.41) is 2.13. The van der Waals surface area contributed by atoms with Crippen LogP contribution >= 0.6 is 11.8 Å². The predicted octanol–water partition coefficient (Wildman–Crippen LogP) is 5.83. The van der Waals surface area contributed by atoms with Gasteiger partial charge >= 0.3 is 0 Å². The Morgan fingerprint density at radius 1 is 1.05 bits per heavy atom. The zero-order valence-corrected chi connectivity index (χ0v) is 20.0. The van der Waals surface area contributed by atoms with Crippen molar-refractivity contribution in [2.75, 3.05) is 29.7 Å². The lowest BCUT2D eigenvalue weighted by molar-refractivity contribution is 0.0943. The minimum absolute atomic E-state index is 0.0272. The van der Waals surface area contributed by atoms with Crippen LogP contribution in [0.1, 0.15) is 21.8 Å². The molecular formula is C27H19F4N3O2S. The average molecular weight is 526 g/mol. The fourth-order valence-corrected chi connectivity index (χ4v) is 5.55. The minimum atomic E-state index is -1.43. The van der Waals surface area contributed by atoms with Crippen molar-refractivity contribution < 1.29 is 27.1 Å². The number of amides is 1. The van der Waals surface area contributed by atoms with Crippen LogP contribution in [0, 0.1) is 23.3 Å². The van der Waals surface area contributed by atoms with Crippen LogP contribution in [0.3, 0.4) is 0 Å². The molecule has 1 saturated heterocycles. The van der Waals surface area contributed by atoms with E-state index in [9.17, 15) is 18.0 Å². The van der Waals surface area contributed by atoms with Gasteiger partial charge < -0.3 is 4.74 Å². The molecule has 1 amide bonds. The Morgan fingerprint density at radius 3 is 2.65 bits per heavy atom. The number of carbonyl (C=O) groups excluding carboxylic acids is 1. The standard InChI is InChI=1S/C27H19F4N3O2S/c28-15-9-17(25(31)20(30)10-15)24-19(29)6-5-16-23(14-12-37-13-14)18(11-32-26(16)24)27(35)33-34-7-8-36-22-4-2-1-3-21(22)34/h1-6,9-11,14H,7-8,12-13H2,(H,33,35). The van der Waals surface area contributed by atoms with E-state index in [4.69, 9.17) is 4.74 Å². The van der Waals surface area contributed by atoms with Crippen LogP contribution in [-0.2, 0) is 0 Å². The van der Waals surface area contributed by atoms with Gasteiger partial charge in [-0.3, -0.25) is 20.2 Å². The van der Waals surface area contributed by atoms with Crippen LogP contribution in [0.15, 0.2) is 54.7 Å². The van der Waals surface area contributed by atoms with Gasteiger partial charge in [0.25, 0.3) is 5.91 Å². The van der Waals surface area contributed by atoms with Crippen LogP contribution in [0.4, 0.5) is 23.2 Å². The van der Waals surface area contributed by atoms with Crippen molar-refractivity contribution in [2.24, 2.45) is 0 Å². The third-order valence-corrected chi connectivity index (χ3v) is 7.82. The topological polar surface area (TPSA) is 54.5 Å². The van der Waals surface area contributed by atoms with Gasteiger partial charge in [-0.25, -0.2) is 17.6 Å². The van der Waals surface area contributed by atoms with Gasteiger partial charge in [0.1, 0.15) is 24.0 Å². The number of carbonyl (C=O) groups is 1. The molecule has 2 aliphatic rings. The molecule has 0 atom stereocenters. The lowest BCUT2D eigenvalue weighted by Crippen LogP contribution is -2.47. The van der Waals surface area contributed by atoms with Gasteiger partial charge in [0.2, 0.25) is 0 Å². The predicted molar refractivity (Wildman–Crippen MR) is 134 cm³/mol. The van der Waals surface area contributed by atoms with Gasteiger partial charge in [0.05, 0.1) is 23.3 Å². The number of ether oxygens (including phenoxy) is 1. The lowest BCUT2D eigenvalue weighted by atomic mass is 9.90. The molecule has 1 N–H and O–H groups in total. The number of para-hydroxylation sites is 2. The maximum absolute atomic E-state index is 15.0. The SMILES string of the molecule is O=C(NN1CCOc2ccccc21)c1cnc2c(-c3cc(F)cc(F)c3F)c(F)ccc2c1C1CSC1. The van der Waals surface area contributed by atoms with Gasteiger partial charge in [-0.1, -0.05) is 12.1 Å². The number of hydrogen-bond acceptors (Lipinski definition) is 5. The molecule has 3 aromatic carbocycles. The number of nitrogens with one attached hydrogen (secondary N) is 1. The molecule has 188 valence electrons. The van der Waals surface area contributed by atoms with Gasteiger partial charge in [-0.2, -0.15) is 11.8 Å². The molecule has 3 heterocycles. The fourth-order valence-electron chi connectivity index (χ4n) is 4.75. The van der Waals surface area contributed by atoms with Gasteiger partial charge in [0.15, 0.2) is 11.6 Å². The number of pyridine rings is 1. The van der Waals surface area contributed by atoms with Crippen molar-refractivity contribution in [2.45, 2.75) is 5.92 Å². The third-order valence-electron chi connectivity index (χ3n) is 6.55. The molecule has 0 spiro atoms. The molecule has 1 fully saturated rings. The first kappa shape index (κ1) is 23.6. The maximum Gasteiger partial charge on any atom is 0.271 e. The molecule has 37 heavy (non-hydrogen) atoms. The number of anilines is 1. The zero-order valence-electron chi connectivity index (χ0n) is 19.2. The van der Waals surface area contributed by atoms with E-state index in [1.54, 1.807) is 16.8 Å². The molecule has 6 rings (SSSR count). The van der Waals surface area contributed by atoms with Crippen molar-refractivity contribution in [3.8, 4) is 16.9 Å². The molecule has 0 aliphatic carbocycles. The second-order valence-electron chi connectivity index (χ2n) is 8.80. The number of halogens is 4. The van der Waals surface area contributed by atoms with E-state index in [-0.39, 0.29) is 17.0 Å². The van der Waals surface area contributed by atoms with Crippen LogP contribution in [0.25, 0.3) is 22.0 Å². The summed E-state index contributed by atoms with van der Waals surface area (Å²) in [5.41, 5.74) is 3.68. The highest BCUT2D eigenvalue weighted by Crippen LogP contribution is 2.42. The summed E-state index contributed by atoms with van der Waals surface area (Å²) in [6, 6.07) is 11.1. The Labute approximate surface area is 213 Å². The number of benzene rings is 3. The molecule has 0 saturated carbocycles. The Balaban J connectivity index is 1.48. The first-order valence-electron chi connectivity index (χ1n) is 11.6. The average Bonchev–Trinajstić information content (AvgIpc) is 2.85. The smallest absolute Gasteiger partial charge is 0.271 e. The van der Waals surface area contributed by atoms with Crippen molar-refractivity contribution in [3.05, 3.63) is 89.1 Å². The summed E-state index contributed by atoms with van der Waals surface area (Å²) < 4.78 is 63.3. The summed E-state index contributed by atoms with van der Waals surface area (Å²) >= 11 is 1.69. The van der Waals surface area contributed by atoms with Crippen LogP contribution in [0.2, 0.25) is 0 Å². The number of rotatable bonds is 4. The summed E-state index contributed by atoms with van der Waals surface area (Å²) in [6.07, 6.45) is 1.32. The molecule has 0 bridgehead atoms. The van der Waals surface area contributed by atoms with Crippen molar-refractivity contribution >= 4 is 34.3 Å². The van der Waals surface area contributed by atoms with Crippen molar-refractivity contribution in [1.29, 1.82) is 0 Å².